The van der Waals surface area contributed by atoms with Gasteiger partial charge < -0.3 is 177 Å². The van der Waals surface area contributed by atoms with Gasteiger partial charge in [0.1, 0.15) is 6.72 Å². The highest BCUT2D eigenvalue weighted by Gasteiger charge is 2.36. The average Bonchev–Trinajstić information content (AvgIpc) is 0.767. The molecule has 9 N–H and O–H groups in total. The second-order valence-corrected chi connectivity index (χ2v) is 69.6. The molecule has 0 bridgehead atoms. The summed E-state index contributed by atoms with van der Waals surface area (Å²) >= 11 is 4.05. The molecule has 0 aromatic heterocycles. The fraction of sp³-hybridized carbons (Fsp3) is 0.676. The summed E-state index contributed by atoms with van der Waals surface area (Å²) in [6.07, 6.45) is 48.2. The van der Waals surface area contributed by atoms with Crippen LogP contribution >= 0.6 is 125 Å². The van der Waals surface area contributed by atoms with Gasteiger partial charge >= 0.3 is 0 Å². The first-order valence-corrected chi connectivity index (χ1v) is 64.2. The summed E-state index contributed by atoms with van der Waals surface area (Å²) in [6.45, 7) is 49.3. The summed E-state index contributed by atoms with van der Waals surface area (Å²) in [7, 11) is -60.0. The molecule has 17 unspecified atom stereocenters. The molecule has 0 spiro atoms. The SMILES string of the molecule is C.C.C.C.C.C.C.C=C(P(=C)([O-])O)P(=C)([O-])OC(C)(C)C.C=C(P(=C)([O-])O)P(=C)([O-])OC(C)(C)C.C=C(P(=C)([O-])OC(C)C)P(=C)([O-])OP(=C)([O-])O.C=P([O-])(O)C(C)(C)P(=C)([O-])OC(C)(C)C.C=P([O-])(O)C(C)(C)P(=C)([O-])OC(C)C.C=P([O-])(O)OC(C)C.C=P([O-])(O)OC(C)C.C=P([O-])(O)OP(=C)([O-])C(C)(C)P(=C)([O-])OC(C)C.CC(C)OP([O-])(O)=S. The van der Waals surface area contributed by atoms with Crippen LogP contribution in [-0.4, -0.2) is 213 Å². The minimum Gasteiger partial charge on any atom is -0.809 e. The standard InChI is InChI=1S/C9H20O6P3.C9H20O4P2.C8H16O6P3.2C8H16O4P2.C8H18O4P2.2C4H10O3P.C3H9O3PS.7CH4/c1-8(2)14-16(5,10)9(3,4)17(6,11)15-18(7,12)13;1-8(2,3)13-15(7,12)9(4,5)14(6,10)11;1-7(2)13-15(4,9)8(3)16(5,10)14-17(6,11)12;2*1-7(13(5,9)10)14(6,11)12-8(2,3)4;1-7(2)12-14(6,11)8(3,4)13(5,9)10;2*1-4(2)7-8(3,5)6;1-3(2)6-7(4,5)8;;;;;;;/h8H,5-7H2,1-4H3,(H-3,10,11,12,13);6-7H2,1-5H3,(H-2,10,11,12);7H,3-6H2,1-2H3,(H-3,9,10,11,12);2*1,5-6H2,2-4H3,(H-2,9,10,11);7H,5-6H2,1-4H3,(H-2,9,10,11);2*4H,3H2,1-2H3,(H-,5,6);3H,1-2H3,(H2,4,5,8);7*1H4/q-3;-2;-3;3*-2;2*-1;;;;;;;;/p-1. The van der Waals surface area contributed by atoms with Gasteiger partial charge in [0.25, 0.3) is 0 Å². The minimum absolute atomic E-state index is 0. The summed E-state index contributed by atoms with van der Waals surface area (Å²) in [5.74, 6) is 0. The van der Waals surface area contributed by atoms with Gasteiger partial charge in [0, 0.05) is 45.0 Å². The summed E-state index contributed by atoms with van der Waals surface area (Å²) in [5.41, 5.74) is -2.10. The van der Waals surface area contributed by atoms with Crippen LogP contribution in [0.1, 0.15) is 239 Å². The lowest BCUT2D eigenvalue weighted by molar-refractivity contribution is -0.214. The molecule has 0 aliphatic heterocycles. The normalized spacial score (nSPS) is 20.1. The fourth-order valence-electron chi connectivity index (χ4n) is 5.79. The maximum Gasteiger partial charge on any atom is 0.112 e. The van der Waals surface area contributed by atoms with E-state index in [1.54, 1.807) is 145 Å². The molecule has 0 aliphatic carbocycles. The van der Waals surface area contributed by atoms with Crippen LogP contribution in [0.4, 0.5) is 0 Å². The first-order chi connectivity index (χ1) is 49.0. The highest BCUT2D eigenvalue weighted by Crippen LogP contribution is 2.73. The van der Waals surface area contributed by atoms with Crippen molar-refractivity contribution >= 4 is 238 Å². The van der Waals surface area contributed by atoms with E-state index in [-0.39, 0.29) is 76.4 Å². The van der Waals surface area contributed by atoms with Gasteiger partial charge in [-0.3, -0.25) is 0 Å². The first kappa shape index (κ1) is 163. The number of rotatable bonds is 31. The molecule has 0 aromatic rings. The molecule has 0 amide bonds. The monoisotopic (exact) mass is 2130 g/mol. The van der Waals surface area contributed by atoms with Crippen LogP contribution in [0.5, 0.6) is 0 Å². The Labute approximate surface area is 751 Å². The van der Waals surface area contributed by atoms with Gasteiger partial charge in [0.2, 0.25) is 0 Å². The summed E-state index contributed by atoms with van der Waals surface area (Å²) in [6, 6.07) is 0. The summed E-state index contributed by atoms with van der Waals surface area (Å²) in [5, 5.41) is -1.35. The molecular formula is C68H162O37P17S-17. The largest absolute Gasteiger partial charge is 0.809 e. The van der Waals surface area contributed by atoms with Gasteiger partial charge in [-0.25, -0.2) is 0 Å². The third-order valence-electron chi connectivity index (χ3n) is 11.4. The molecule has 0 rings (SSSR count). The van der Waals surface area contributed by atoms with E-state index in [4.69, 9.17) is 61.4 Å². The predicted molar refractivity (Wildman–Crippen MR) is 538 cm³/mol. The fourth-order valence-corrected chi connectivity index (χ4v) is 31.2. The van der Waals surface area contributed by atoms with Crippen molar-refractivity contribution in [3.63, 3.8) is 0 Å². The van der Waals surface area contributed by atoms with Crippen LogP contribution < -0.4 is 83.2 Å². The molecule has 55 heteroatoms. The van der Waals surface area contributed by atoms with Crippen molar-refractivity contribution in [3.8, 4) is 0 Å². The third kappa shape index (κ3) is 81.0. The molecule has 17 atom stereocenters. The van der Waals surface area contributed by atoms with Crippen LogP contribution in [0.3, 0.4) is 0 Å². The quantitative estimate of drug-likeness (QED) is 0.0339. The van der Waals surface area contributed by atoms with Crippen molar-refractivity contribution in [1.82, 2.24) is 0 Å². The lowest BCUT2D eigenvalue weighted by Gasteiger charge is -2.57. The van der Waals surface area contributed by atoms with E-state index in [1.165, 1.54) is 41.5 Å². The molecule has 0 aliphatic rings. The van der Waals surface area contributed by atoms with Crippen molar-refractivity contribution in [2.75, 3.05) is 0 Å². The molecular weight excluding hydrogens is 1970 g/mol. The molecule has 0 radical (unpaired) electrons. The second-order valence-electron chi connectivity index (χ2n) is 30.6. The minimum atomic E-state index is -4.29. The van der Waals surface area contributed by atoms with Gasteiger partial charge in [-0.1, -0.05) is 285 Å². The zero-order valence-corrected chi connectivity index (χ0v) is 87.9. The Hall–Kier alpha value is 3.19. The smallest absolute Gasteiger partial charge is 0.112 e. The van der Waals surface area contributed by atoms with Crippen molar-refractivity contribution in [2.24, 2.45) is 0 Å². The highest BCUT2D eigenvalue weighted by atomic mass is 32.5. The second kappa shape index (κ2) is 60.1. The Morgan fingerprint density at radius 2 is 0.455 bits per heavy atom. The van der Waals surface area contributed by atoms with Gasteiger partial charge in [0.15, 0.2) is 0 Å². The van der Waals surface area contributed by atoms with Crippen molar-refractivity contribution in [2.45, 2.75) is 307 Å². The predicted octanol–water partition coefficient (Wildman–Crippen LogP) is 6.39. The lowest BCUT2D eigenvalue weighted by atomic mass is 10.2. The van der Waals surface area contributed by atoms with Gasteiger partial charge in [-0.15, -0.1) is 0 Å². The maximum atomic E-state index is 12.4. The van der Waals surface area contributed by atoms with E-state index in [1.807, 2.05) is 0 Å². The summed E-state index contributed by atoms with van der Waals surface area (Å²) in [4.78, 5) is 269. The Bertz CT molecular complexity index is 3860. The average molecular weight is 2130 g/mol. The zero-order chi connectivity index (χ0) is 97.5. The van der Waals surface area contributed by atoms with E-state index >= 15 is 0 Å². The van der Waals surface area contributed by atoms with Crippen LogP contribution in [0, 0.1) is 0 Å². The van der Waals surface area contributed by atoms with Crippen LogP contribution in [0.2, 0.25) is 0 Å². The molecule has 0 fully saturated rings. The van der Waals surface area contributed by atoms with Gasteiger partial charge in [0.05, 0.1) is 53.4 Å². The van der Waals surface area contributed by atoms with Crippen LogP contribution in [0.15, 0.2) is 34.9 Å². The Kier molecular flexibility index (Phi) is 79.6. The molecule has 37 nitrogen and oxygen atoms in total. The van der Waals surface area contributed by atoms with E-state index in [0.717, 1.165) is 0 Å². The molecule has 0 saturated heterocycles. The number of hydrogen-bond donors (Lipinski definition) is 9. The summed E-state index contributed by atoms with van der Waals surface area (Å²) < 4.78 is 52.7. The van der Waals surface area contributed by atoms with Crippen LogP contribution in [0.25, 0.3) is 0 Å². The topological polar surface area (TPSA) is 676 Å². The Balaban J connectivity index is -0.0000000751. The molecule has 123 heavy (non-hydrogen) atoms. The van der Waals surface area contributed by atoms with Gasteiger partial charge in [-0.2, -0.15) is 0 Å². The van der Waals surface area contributed by atoms with E-state index in [2.05, 4.69) is 155 Å². The lowest BCUT2D eigenvalue weighted by Crippen LogP contribution is -2.36. The molecule has 764 valence electrons. The van der Waals surface area contributed by atoms with Crippen molar-refractivity contribution < 1.29 is 177 Å². The Morgan fingerprint density at radius 1 is 0.252 bits per heavy atom. The highest BCUT2D eigenvalue weighted by molar-refractivity contribution is 8.06. The van der Waals surface area contributed by atoms with Crippen molar-refractivity contribution in [1.29, 1.82) is 0 Å². The third-order valence-corrected chi connectivity index (χ3v) is 48.8. The van der Waals surface area contributed by atoms with Crippen LogP contribution in [-0.2, 0) is 61.1 Å². The van der Waals surface area contributed by atoms with E-state index < -0.39 is 184 Å². The molecule has 0 aromatic carbocycles. The van der Waals surface area contributed by atoms with E-state index in [0.29, 0.717) is 0 Å². The van der Waals surface area contributed by atoms with Gasteiger partial charge in [-0.05, 0) is 190 Å². The maximum absolute atomic E-state index is 12.4. The molecule has 0 saturated carbocycles. The number of hydrogen-bond acceptors (Lipinski definition) is 37. The molecule has 0 heterocycles. The van der Waals surface area contributed by atoms with E-state index in [9.17, 15) is 93.0 Å². The zero-order valence-electron chi connectivity index (χ0n) is 71.9. The van der Waals surface area contributed by atoms with Crippen molar-refractivity contribution in [3.05, 3.63) is 34.9 Å². The first-order valence-electron chi connectivity index (χ1n) is 32.7. The Morgan fingerprint density at radius 3 is 0.602 bits per heavy atom.